The lowest BCUT2D eigenvalue weighted by Crippen LogP contribution is -2.50. The summed E-state index contributed by atoms with van der Waals surface area (Å²) in [5, 5.41) is 18.8. The molecule has 2 N–H and O–H groups in total. The van der Waals surface area contributed by atoms with E-state index in [0.29, 0.717) is 12.2 Å². The molecule has 4 heteroatoms. The van der Waals surface area contributed by atoms with Crippen molar-refractivity contribution in [3.63, 3.8) is 0 Å². The van der Waals surface area contributed by atoms with Gasteiger partial charge in [0.2, 0.25) is 5.60 Å². The van der Waals surface area contributed by atoms with Crippen molar-refractivity contribution in [1.29, 1.82) is 0 Å². The van der Waals surface area contributed by atoms with Crippen molar-refractivity contribution in [1.82, 2.24) is 0 Å². The zero-order valence-electron chi connectivity index (χ0n) is 10.2. The number of fused-ring (bicyclic) bond motifs is 1. The molecule has 2 unspecified atom stereocenters. The number of carbonyl (C=O) groups is 1. The van der Waals surface area contributed by atoms with Crippen LogP contribution in [0.5, 0.6) is 11.5 Å². The lowest BCUT2D eigenvalue weighted by Gasteiger charge is -2.38. The summed E-state index contributed by atoms with van der Waals surface area (Å²) >= 11 is 0. The fourth-order valence-corrected chi connectivity index (χ4v) is 2.22. The van der Waals surface area contributed by atoms with E-state index in [9.17, 15) is 15.0 Å². The summed E-state index contributed by atoms with van der Waals surface area (Å²) in [4.78, 5) is 11.3. The number of aryl methyl sites for hydroxylation is 1. The lowest BCUT2D eigenvalue weighted by molar-refractivity contribution is -0.159. The molecule has 1 aromatic carbocycles. The van der Waals surface area contributed by atoms with Gasteiger partial charge in [-0.3, -0.25) is 0 Å². The van der Waals surface area contributed by atoms with Crippen molar-refractivity contribution < 1.29 is 19.7 Å². The Morgan fingerprint density at radius 2 is 2.18 bits per heavy atom. The highest BCUT2D eigenvalue weighted by atomic mass is 16.5. The first kappa shape index (κ1) is 11.8. The number of ether oxygens (including phenoxy) is 1. The van der Waals surface area contributed by atoms with E-state index in [2.05, 4.69) is 0 Å². The van der Waals surface area contributed by atoms with Crippen LogP contribution in [-0.4, -0.2) is 21.8 Å². The Kier molecular flexibility index (Phi) is 2.53. The van der Waals surface area contributed by atoms with Crippen LogP contribution in [0.1, 0.15) is 25.0 Å². The van der Waals surface area contributed by atoms with Gasteiger partial charge in [-0.1, -0.05) is 6.92 Å². The monoisotopic (exact) mass is 236 g/mol. The van der Waals surface area contributed by atoms with Gasteiger partial charge in [0.15, 0.2) is 0 Å². The summed E-state index contributed by atoms with van der Waals surface area (Å²) in [7, 11) is 0. The zero-order chi connectivity index (χ0) is 12.8. The topological polar surface area (TPSA) is 66.8 Å². The van der Waals surface area contributed by atoms with E-state index in [4.69, 9.17) is 4.74 Å². The van der Waals surface area contributed by atoms with Crippen LogP contribution in [0.3, 0.4) is 0 Å². The molecule has 2 rings (SSSR count). The van der Waals surface area contributed by atoms with Gasteiger partial charge in [0.05, 0.1) is 0 Å². The Balaban J connectivity index is 2.51. The van der Waals surface area contributed by atoms with Gasteiger partial charge in [-0.25, -0.2) is 4.79 Å². The second kappa shape index (κ2) is 3.65. The molecular formula is C13H16O4. The van der Waals surface area contributed by atoms with E-state index in [1.807, 2.05) is 6.92 Å². The molecule has 1 aliphatic rings. The molecule has 0 aromatic heterocycles. The normalized spacial score (nSPS) is 27.1. The van der Waals surface area contributed by atoms with Crippen molar-refractivity contribution >= 4 is 5.97 Å². The Bertz CT molecular complexity index is 481. The van der Waals surface area contributed by atoms with Gasteiger partial charge in [0.1, 0.15) is 11.5 Å². The molecule has 0 radical (unpaired) electrons. The summed E-state index contributed by atoms with van der Waals surface area (Å²) in [6.45, 7) is 5.24. The molecule has 0 saturated carbocycles. The number of rotatable bonds is 1. The molecule has 1 aromatic rings. The third kappa shape index (κ3) is 1.73. The van der Waals surface area contributed by atoms with Crippen LogP contribution in [0.2, 0.25) is 0 Å². The van der Waals surface area contributed by atoms with Crippen LogP contribution in [-0.2, 0) is 11.2 Å². The van der Waals surface area contributed by atoms with Gasteiger partial charge in [-0.05, 0) is 43.5 Å². The van der Waals surface area contributed by atoms with Crippen LogP contribution >= 0.6 is 0 Å². The van der Waals surface area contributed by atoms with Crippen LogP contribution in [0.15, 0.2) is 12.1 Å². The third-order valence-corrected chi connectivity index (χ3v) is 3.54. The largest absolute Gasteiger partial charge is 0.508 e. The number of carboxylic acids is 1. The van der Waals surface area contributed by atoms with Crippen LogP contribution in [0.4, 0.5) is 0 Å². The summed E-state index contributed by atoms with van der Waals surface area (Å²) in [5.74, 6) is -0.321. The second-order valence-electron chi connectivity index (χ2n) is 4.87. The predicted octanol–water partition coefficient (Wildman–Crippen LogP) is 2.11. The number of benzene rings is 1. The first-order valence-electron chi connectivity index (χ1n) is 5.59. The first-order valence-corrected chi connectivity index (χ1v) is 5.59. The smallest absolute Gasteiger partial charge is 0.348 e. The van der Waals surface area contributed by atoms with Crippen molar-refractivity contribution in [2.24, 2.45) is 5.92 Å². The quantitative estimate of drug-likeness (QED) is 0.783. The molecule has 17 heavy (non-hydrogen) atoms. The molecule has 0 bridgehead atoms. The van der Waals surface area contributed by atoms with Gasteiger partial charge in [-0.2, -0.15) is 0 Å². The molecule has 0 amide bonds. The fourth-order valence-electron chi connectivity index (χ4n) is 2.22. The Labute approximate surface area is 99.8 Å². The molecule has 2 atom stereocenters. The third-order valence-electron chi connectivity index (χ3n) is 3.54. The maximum absolute atomic E-state index is 11.3. The van der Waals surface area contributed by atoms with E-state index >= 15 is 0 Å². The van der Waals surface area contributed by atoms with Crippen molar-refractivity contribution in [3.8, 4) is 11.5 Å². The average Bonchev–Trinajstić information content (AvgIpc) is 2.21. The Hall–Kier alpha value is -1.71. The number of phenols is 1. The standard InChI is InChI=1S/C13H16O4/c1-7-4-10(14)6-9-5-8(2)13(3,12(15)16)17-11(7)9/h4,6,8,14H,5H2,1-3H3,(H,15,16). The van der Waals surface area contributed by atoms with E-state index in [-0.39, 0.29) is 11.7 Å². The number of hydrogen-bond donors (Lipinski definition) is 2. The van der Waals surface area contributed by atoms with Crippen molar-refractivity contribution in [2.75, 3.05) is 0 Å². The van der Waals surface area contributed by atoms with Crippen LogP contribution in [0.25, 0.3) is 0 Å². The number of hydrogen-bond acceptors (Lipinski definition) is 3. The molecule has 0 spiro atoms. The highest BCUT2D eigenvalue weighted by Crippen LogP contribution is 2.40. The molecular weight excluding hydrogens is 220 g/mol. The van der Waals surface area contributed by atoms with E-state index in [1.54, 1.807) is 26.0 Å². The number of phenolic OH excluding ortho intramolecular Hbond substituents is 1. The molecule has 0 saturated heterocycles. The van der Waals surface area contributed by atoms with Gasteiger partial charge >= 0.3 is 5.97 Å². The Morgan fingerprint density at radius 3 is 2.76 bits per heavy atom. The van der Waals surface area contributed by atoms with E-state index in [1.165, 1.54) is 0 Å². The first-order chi connectivity index (χ1) is 7.84. The van der Waals surface area contributed by atoms with E-state index < -0.39 is 11.6 Å². The van der Waals surface area contributed by atoms with Gasteiger partial charge in [0, 0.05) is 5.92 Å². The maximum atomic E-state index is 11.3. The predicted molar refractivity (Wildman–Crippen MR) is 62.4 cm³/mol. The number of aliphatic carboxylic acids is 1. The van der Waals surface area contributed by atoms with Gasteiger partial charge < -0.3 is 14.9 Å². The van der Waals surface area contributed by atoms with Gasteiger partial charge in [0.25, 0.3) is 0 Å². The molecule has 0 aliphatic carbocycles. The number of carboxylic acid groups (broad SMARTS) is 1. The second-order valence-corrected chi connectivity index (χ2v) is 4.87. The maximum Gasteiger partial charge on any atom is 0.348 e. The Morgan fingerprint density at radius 1 is 1.53 bits per heavy atom. The summed E-state index contributed by atoms with van der Waals surface area (Å²) in [6.07, 6.45) is 0.591. The minimum atomic E-state index is -1.20. The molecule has 92 valence electrons. The molecule has 1 aliphatic heterocycles. The summed E-state index contributed by atoms with van der Waals surface area (Å²) < 4.78 is 5.67. The number of aromatic hydroxyl groups is 1. The highest BCUT2D eigenvalue weighted by Gasteiger charge is 2.45. The fraction of sp³-hybridized carbons (Fsp3) is 0.462. The summed E-state index contributed by atoms with van der Waals surface area (Å²) in [6, 6.07) is 3.22. The average molecular weight is 236 g/mol. The van der Waals surface area contributed by atoms with Crippen LogP contribution < -0.4 is 4.74 Å². The summed E-state index contributed by atoms with van der Waals surface area (Å²) in [5.41, 5.74) is 0.433. The molecule has 1 heterocycles. The highest BCUT2D eigenvalue weighted by molar-refractivity contribution is 5.78. The van der Waals surface area contributed by atoms with Crippen molar-refractivity contribution in [3.05, 3.63) is 23.3 Å². The molecule has 4 nitrogen and oxygen atoms in total. The molecule has 0 fully saturated rings. The zero-order valence-corrected chi connectivity index (χ0v) is 10.2. The lowest BCUT2D eigenvalue weighted by atomic mass is 9.82. The van der Waals surface area contributed by atoms with E-state index in [0.717, 1.165) is 11.1 Å². The minimum Gasteiger partial charge on any atom is -0.508 e. The SMILES string of the molecule is Cc1cc(O)cc2c1OC(C)(C(=O)O)C(C)C2. The minimum absolute atomic E-state index is 0.145. The van der Waals surface area contributed by atoms with Crippen molar-refractivity contribution in [2.45, 2.75) is 32.8 Å². The van der Waals surface area contributed by atoms with Gasteiger partial charge in [-0.15, -0.1) is 0 Å². The van der Waals surface area contributed by atoms with Crippen LogP contribution in [0, 0.1) is 12.8 Å².